The summed E-state index contributed by atoms with van der Waals surface area (Å²) in [6.07, 6.45) is 2.06. The minimum atomic E-state index is -0.454. The van der Waals surface area contributed by atoms with Gasteiger partial charge in [0.15, 0.2) is 0 Å². The van der Waals surface area contributed by atoms with Crippen molar-refractivity contribution in [3.8, 4) is 0 Å². The minimum absolute atomic E-state index is 0.0370. The SMILES string of the molecule is O=C(C(Cc1ccccc1)n1cnnn1)N1CCN(c2ccccc2Cl)CC1. The monoisotopic (exact) mass is 396 g/mol. The maximum atomic E-state index is 13.3. The fourth-order valence-corrected chi connectivity index (χ4v) is 3.78. The molecule has 1 aliphatic heterocycles. The van der Waals surface area contributed by atoms with Gasteiger partial charge in [-0.1, -0.05) is 54.1 Å². The van der Waals surface area contributed by atoms with Gasteiger partial charge in [-0.25, -0.2) is 4.68 Å². The predicted octanol–water partition coefficient (Wildman–Crippen LogP) is 2.46. The van der Waals surface area contributed by atoms with Crippen molar-refractivity contribution in [1.82, 2.24) is 25.1 Å². The number of piperazine rings is 1. The summed E-state index contributed by atoms with van der Waals surface area (Å²) in [5.41, 5.74) is 2.09. The highest BCUT2D eigenvalue weighted by Gasteiger charge is 2.30. The Bertz CT molecular complexity index is 909. The highest BCUT2D eigenvalue weighted by molar-refractivity contribution is 6.33. The molecule has 0 radical (unpaired) electrons. The Balaban J connectivity index is 1.47. The Kier molecular flexibility index (Phi) is 5.53. The number of hydrogen-bond donors (Lipinski definition) is 0. The van der Waals surface area contributed by atoms with Gasteiger partial charge < -0.3 is 9.80 Å². The van der Waals surface area contributed by atoms with Crippen LogP contribution >= 0.6 is 11.6 Å². The molecule has 1 amide bonds. The first-order valence-corrected chi connectivity index (χ1v) is 9.65. The van der Waals surface area contributed by atoms with Gasteiger partial charge in [-0.05, 0) is 28.1 Å². The maximum absolute atomic E-state index is 13.3. The van der Waals surface area contributed by atoms with Crippen LogP contribution in [0.4, 0.5) is 5.69 Å². The summed E-state index contributed by atoms with van der Waals surface area (Å²) >= 11 is 6.32. The number of benzene rings is 2. The lowest BCUT2D eigenvalue weighted by Crippen LogP contribution is -2.51. The van der Waals surface area contributed by atoms with E-state index in [2.05, 4.69) is 20.4 Å². The van der Waals surface area contributed by atoms with Crippen LogP contribution in [0.1, 0.15) is 11.6 Å². The summed E-state index contributed by atoms with van der Waals surface area (Å²) in [4.78, 5) is 17.4. The van der Waals surface area contributed by atoms with E-state index in [9.17, 15) is 4.79 Å². The second-order valence-corrected chi connectivity index (χ2v) is 7.17. The molecular weight excluding hydrogens is 376 g/mol. The number of carbonyl (C=O) groups is 1. The molecule has 8 heteroatoms. The van der Waals surface area contributed by atoms with E-state index < -0.39 is 6.04 Å². The van der Waals surface area contributed by atoms with Gasteiger partial charge in [-0.15, -0.1) is 5.10 Å². The second kappa shape index (κ2) is 8.39. The maximum Gasteiger partial charge on any atom is 0.248 e. The van der Waals surface area contributed by atoms with Gasteiger partial charge in [0.2, 0.25) is 5.91 Å². The van der Waals surface area contributed by atoms with Gasteiger partial charge >= 0.3 is 0 Å². The molecule has 0 spiro atoms. The number of anilines is 1. The minimum Gasteiger partial charge on any atom is -0.367 e. The van der Waals surface area contributed by atoms with E-state index in [4.69, 9.17) is 11.6 Å². The van der Waals surface area contributed by atoms with Crippen LogP contribution in [-0.2, 0) is 11.2 Å². The van der Waals surface area contributed by atoms with Crippen molar-refractivity contribution in [3.63, 3.8) is 0 Å². The summed E-state index contributed by atoms with van der Waals surface area (Å²) in [6.45, 7) is 2.75. The van der Waals surface area contributed by atoms with Gasteiger partial charge in [0, 0.05) is 32.6 Å². The zero-order valence-electron chi connectivity index (χ0n) is 15.4. The van der Waals surface area contributed by atoms with Crippen molar-refractivity contribution in [3.05, 3.63) is 71.5 Å². The van der Waals surface area contributed by atoms with Crippen molar-refractivity contribution < 1.29 is 4.79 Å². The molecule has 2 aromatic carbocycles. The molecule has 0 saturated carbocycles. The molecule has 1 aliphatic rings. The molecule has 7 nitrogen and oxygen atoms in total. The molecule has 2 heterocycles. The van der Waals surface area contributed by atoms with Crippen molar-refractivity contribution in [1.29, 1.82) is 0 Å². The van der Waals surface area contributed by atoms with Gasteiger partial charge in [0.25, 0.3) is 0 Å². The molecule has 144 valence electrons. The zero-order chi connectivity index (χ0) is 19.3. The highest BCUT2D eigenvalue weighted by Crippen LogP contribution is 2.26. The van der Waals surface area contributed by atoms with E-state index in [1.807, 2.05) is 59.5 Å². The number of para-hydroxylation sites is 1. The van der Waals surface area contributed by atoms with Crippen molar-refractivity contribution in [2.75, 3.05) is 31.1 Å². The second-order valence-electron chi connectivity index (χ2n) is 6.76. The third-order valence-corrected chi connectivity index (χ3v) is 5.35. The third-order valence-electron chi connectivity index (χ3n) is 5.03. The number of hydrogen-bond acceptors (Lipinski definition) is 5. The van der Waals surface area contributed by atoms with Crippen LogP contribution in [0.15, 0.2) is 60.9 Å². The number of rotatable bonds is 5. The average Bonchev–Trinajstić information content (AvgIpc) is 3.27. The van der Waals surface area contributed by atoms with Gasteiger partial charge in [0.1, 0.15) is 12.4 Å². The fourth-order valence-electron chi connectivity index (χ4n) is 3.53. The molecule has 0 bridgehead atoms. The molecule has 1 fully saturated rings. The van der Waals surface area contributed by atoms with E-state index in [1.165, 1.54) is 6.33 Å². The summed E-state index contributed by atoms with van der Waals surface area (Å²) in [5.74, 6) is 0.0370. The van der Waals surface area contributed by atoms with E-state index in [0.29, 0.717) is 19.5 Å². The summed E-state index contributed by atoms with van der Waals surface area (Å²) in [5, 5.41) is 12.1. The molecule has 1 atom stereocenters. The van der Waals surface area contributed by atoms with Crippen LogP contribution in [0, 0.1) is 0 Å². The van der Waals surface area contributed by atoms with Crippen LogP contribution in [0.2, 0.25) is 5.02 Å². The molecular formula is C20H21ClN6O. The average molecular weight is 397 g/mol. The van der Waals surface area contributed by atoms with Gasteiger partial charge in [0.05, 0.1) is 10.7 Å². The summed E-state index contributed by atoms with van der Waals surface area (Å²) in [6, 6.07) is 17.3. The zero-order valence-corrected chi connectivity index (χ0v) is 16.1. The Morgan fingerprint density at radius 1 is 1.00 bits per heavy atom. The van der Waals surface area contributed by atoms with Crippen LogP contribution < -0.4 is 4.90 Å². The van der Waals surface area contributed by atoms with Crippen LogP contribution in [0.5, 0.6) is 0 Å². The van der Waals surface area contributed by atoms with Crippen LogP contribution in [0.25, 0.3) is 0 Å². The number of nitrogens with zero attached hydrogens (tertiary/aromatic N) is 6. The van der Waals surface area contributed by atoms with E-state index >= 15 is 0 Å². The first kappa shape index (κ1) is 18.4. The van der Waals surface area contributed by atoms with Crippen molar-refractivity contribution in [2.45, 2.75) is 12.5 Å². The van der Waals surface area contributed by atoms with E-state index in [-0.39, 0.29) is 5.91 Å². The van der Waals surface area contributed by atoms with E-state index in [0.717, 1.165) is 29.4 Å². The highest BCUT2D eigenvalue weighted by atomic mass is 35.5. The summed E-state index contributed by atoms with van der Waals surface area (Å²) < 4.78 is 1.55. The lowest BCUT2D eigenvalue weighted by Gasteiger charge is -2.37. The quantitative estimate of drug-likeness (QED) is 0.662. The largest absolute Gasteiger partial charge is 0.367 e. The molecule has 1 unspecified atom stereocenters. The number of carbonyl (C=O) groups excluding carboxylic acids is 1. The summed E-state index contributed by atoms with van der Waals surface area (Å²) in [7, 11) is 0. The molecule has 0 N–H and O–H groups in total. The van der Waals surface area contributed by atoms with Crippen molar-refractivity contribution in [2.24, 2.45) is 0 Å². The fraction of sp³-hybridized carbons (Fsp3) is 0.300. The Labute approximate surface area is 168 Å². The molecule has 0 aliphatic carbocycles. The molecule has 3 aromatic rings. The molecule has 1 aromatic heterocycles. The molecule has 28 heavy (non-hydrogen) atoms. The first-order chi connectivity index (χ1) is 13.7. The standard InChI is InChI=1S/C20H21ClN6O/c21-17-8-4-5-9-18(17)25-10-12-26(13-11-25)20(28)19(27-15-22-23-24-27)14-16-6-2-1-3-7-16/h1-9,15,19H,10-14H2. The smallest absolute Gasteiger partial charge is 0.248 e. The Hall–Kier alpha value is -2.93. The van der Waals surface area contributed by atoms with Gasteiger partial charge in [-0.3, -0.25) is 4.79 Å². The number of tetrazole rings is 1. The number of amides is 1. The number of aromatic nitrogens is 4. The predicted molar refractivity (Wildman–Crippen MR) is 107 cm³/mol. The van der Waals surface area contributed by atoms with Gasteiger partial charge in [-0.2, -0.15) is 0 Å². The number of halogens is 1. The normalized spacial score (nSPS) is 15.5. The van der Waals surface area contributed by atoms with Crippen LogP contribution in [-0.4, -0.2) is 57.2 Å². The van der Waals surface area contributed by atoms with Crippen LogP contribution in [0.3, 0.4) is 0 Å². The first-order valence-electron chi connectivity index (χ1n) is 9.27. The molecule has 1 saturated heterocycles. The Morgan fingerprint density at radius 3 is 2.39 bits per heavy atom. The third kappa shape index (κ3) is 3.99. The Morgan fingerprint density at radius 2 is 1.71 bits per heavy atom. The topological polar surface area (TPSA) is 67.2 Å². The van der Waals surface area contributed by atoms with E-state index in [1.54, 1.807) is 4.68 Å². The molecule has 4 rings (SSSR count). The van der Waals surface area contributed by atoms with Crippen molar-refractivity contribution >= 4 is 23.2 Å². The lowest BCUT2D eigenvalue weighted by atomic mass is 10.0. The lowest BCUT2D eigenvalue weighted by molar-refractivity contribution is -0.135.